The van der Waals surface area contributed by atoms with E-state index in [0.29, 0.717) is 15.8 Å². The molecule has 100 valence electrons. The molecule has 0 aliphatic carbocycles. The lowest BCUT2D eigenvalue weighted by atomic mass is 10.2. The second-order valence-corrected chi connectivity index (χ2v) is 6.77. The number of carbonyl (C=O) groups excluding carboxylic acids is 1. The van der Waals surface area contributed by atoms with E-state index in [4.69, 9.17) is 12.2 Å². The van der Waals surface area contributed by atoms with Crippen molar-refractivity contribution in [2.45, 2.75) is 6.54 Å². The molecule has 1 aromatic heterocycles. The van der Waals surface area contributed by atoms with Crippen LogP contribution in [0.1, 0.15) is 11.1 Å². The number of hydrogen-bond donors (Lipinski definition) is 0. The highest BCUT2D eigenvalue weighted by atomic mass is 32.2. The number of benzene rings is 1. The van der Waals surface area contributed by atoms with Gasteiger partial charge >= 0.3 is 0 Å². The summed E-state index contributed by atoms with van der Waals surface area (Å²) in [5.41, 5.74) is 2.13. The highest BCUT2D eigenvalue weighted by molar-refractivity contribution is 8.26. The fraction of sp³-hybridized carbons (Fsp3) is 0.0667. The zero-order valence-electron chi connectivity index (χ0n) is 10.5. The number of thiocarbonyl (C=S) groups is 1. The Labute approximate surface area is 131 Å². The average Bonchev–Trinajstić information content (AvgIpc) is 3.05. The first kappa shape index (κ1) is 13.5. The number of carbonyl (C=O) groups is 1. The predicted octanol–water partition coefficient (Wildman–Crippen LogP) is 4.15. The Balaban J connectivity index is 1.81. The minimum absolute atomic E-state index is 0.00458. The van der Waals surface area contributed by atoms with Crippen molar-refractivity contribution in [1.29, 1.82) is 0 Å². The Bertz CT molecular complexity index is 662. The van der Waals surface area contributed by atoms with E-state index in [9.17, 15) is 4.79 Å². The van der Waals surface area contributed by atoms with Crippen molar-refractivity contribution in [2.75, 3.05) is 0 Å². The molecule has 0 atom stereocenters. The van der Waals surface area contributed by atoms with Crippen molar-refractivity contribution < 1.29 is 4.79 Å². The zero-order chi connectivity index (χ0) is 13.9. The van der Waals surface area contributed by atoms with Crippen LogP contribution in [-0.4, -0.2) is 15.1 Å². The van der Waals surface area contributed by atoms with Gasteiger partial charge in [-0.15, -0.1) is 0 Å². The highest BCUT2D eigenvalue weighted by Gasteiger charge is 2.31. The van der Waals surface area contributed by atoms with Crippen molar-refractivity contribution in [3.63, 3.8) is 0 Å². The molecule has 0 spiro atoms. The van der Waals surface area contributed by atoms with Gasteiger partial charge in [0.1, 0.15) is 4.32 Å². The Hall–Kier alpha value is -1.43. The zero-order valence-corrected chi connectivity index (χ0v) is 12.9. The Morgan fingerprint density at radius 2 is 2.00 bits per heavy atom. The maximum atomic E-state index is 12.4. The quantitative estimate of drug-likeness (QED) is 0.626. The minimum Gasteiger partial charge on any atom is -0.288 e. The molecule has 3 rings (SSSR count). The van der Waals surface area contributed by atoms with Crippen molar-refractivity contribution in [3.05, 3.63) is 63.2 Å². The van der Waals surface area contributed by atoms with Gasteiger partial charge in [-0.05, 0) is 34.0 Å². The number of amides is 1. The van der Waals surface area contributed by atoms with Gasteiger partial charge in [-0.25, -0.2) is 0 Å². The third-order valence-corrected chi connectivity index (χ3v) is 4.98. The number of nitrogens with zero attached hydrogens (tertiary/aromatic N) is 1. The van der Waals surface area contributed by atoms with E-state index in [1.165, 1.54) is 11.8 Å². The van der Waals surface area contributed by atoms with E-state index >= 15 is 0 Å². The van der Waals surface area contributed by atoms with Crippen LogP contribution in [0, 0.1) is 0 Å². The van der Waals surface area contributed by atoms with Crippen molar-refractivity contribution >= 4 is 51.6 Å². The van der Waals surface area contributed by atoms with Gasteiger partial charge < -0.3 is 0 Å². The lowest BCUT2D eigenvalue weighted by Crippen LogP contribution is -2.27. The Kier molecular flexibility index (Phi) is 4.00. The highest BCUT2D eigenvalue weighted by Crippen LogP contribution is 2.33. The molecule has 0 radical (unpaired) electrons. The van der Waals surface area contributed by atoms with Crippen LogP contribution in [0.15, 0.2) is 52.1 Å². The van der Waals surface area contributed by atoms with E-state index in [2.05, 4.69) is 0 Å². The predicted molar refractivity (Wildman–Crippen MR) is 89.5 cm³/mol. The van der Waals surface area contributed by atoms with Gasteiger partial charge in [0.25, 0.3) is 5.91 Å². The topological polar surface area (TPSA) is 20.3 Å². The molecule has 2 aromatic rings. The molecule has 0 unspecified atom stereocenters. The summed E-state index contributed by atoms with van der Waals surface area (Å²) in [6.45, 7) is 0.534. The first-order valence-corrected chi connectivity index (χ1v) is 8.22. The molecule has 1 aromatic carbocycles. The van der Waals surface area contributed by atoms with Crippen LogP contribution in [0.4, 0.5) is 0 Å². The van der Waals surface area contributed by atoms with Gasteiger partial charge in [0.05, 0.1) is 11.4 Å². The van der Waals surface area contributed by atoms with E-state index in [1.807, 2.05) is 53.2 Å². The summed E-state index contributed by atoms with van der Waals surface area (Å²) in [6, 6.07) is 11.9. The van der Waals surface area contributed by atoms with Crippen LogP contribution in [0.3, 0.4) is 0 Å². The molecular formula is C15H11NOS3. The fourth-order valence-electron chi connectivity index (χ4n) is 1.91. The van der Waals surface area contributed by atoms with Crippen LogP contribution in [0.2, 0.25) is 0 Å². The average molecular weight is 317 g/mol. The maximum Gasteiger partial charge on any atom is 0.266 e. The van der Waals surface area contributed by atoms with E-state index in [1.54, 1.807) is 16.2 Å². The molecule has 5 heteroatoms. The van der Waals surface area contributed by atoms with Gasteiger partial charge in [0, 0.05) is 0 Å². The smallest absolute Gasteiger partial charge is 0.266 e. The number of thioether (sulfide) groups is 1. The first-order chi connectivity index (χ1) is 9.74. The lowest BCUT2D eigenvalue weighted by molar-refractivity contribution is -0.122. The molecule has 0 saturated carbocycles. The third kappa shape index (κ3) is 2.85. The van der Waals surface area contributed by atoms with Crippen LogP contribution < -0.4 is 0 Å². The first-order valence-electron chi connectivity index (χ1n) is 6.05. The van der Waals surface area contributed by atoms with Gasteiger partial charge in [-0.1, -0.05) is 54.3 Å². The van der Waals surface area contributed by atoms with Crippen molar-refractivity contribution in [2.24, 2.45) is 0 Å². The summed E-state index contributed by atoms with van der Waals surface area (Å²) in [4.78, 5) is 14.8. The summed E-state index contributed by atoms with van der Waals surface area (Å²) in [5.74, 6) is -0.00458. The van der Waals surface area contributed by atoms with Crippen LogP contribution in [0.5, 0.6) is 0 Å². The molecule has 2 heterocycles. The largest absolute Gasteiger partial charge is 0.288 e. The van der Waals surface area contributed by atoms with Crippen molar-refractivity contribution in [3.8, 4) is 0 Å². The molecule has 1 aliphatic rings. The second-order valence-electron chi connectivity index (χ2n) is 4.31. The minimum atomic E-state index is -0.00458. The molecule has 1 aliphatic heterocycles. The molecular weight excluding hydrogens is 306 g/mol. The number of hydrogen-bond acceptors (Lipinski definition) is 4. The molecule has 0 bridgehead atoms. The van der Waals surface area contributed by atoms with E-state index < -0.39 is 0 Å². The molecule has 1 fully saturated rings. The fourth-order valence-corrected chi connectivity index (χ4v) is 3.78. The Morgan fingerprint density at radius 3 is 2.70 bits per heavy atom. The number of rotatable bonds is 3. The monoisotopic (exact) mass is 317 g/mol. The standard InChI is InChI=1S/C15H11NOS3/c17-14-13(8-12-6-7-19-10-12)20-15(18)16(14)9-11-4-2-1-3-5-11/h1-8,10H,9H2/b13-8+. The normalized spacial score (nSPS) is 17.2. The van der Waals surface area contributed by atoms with Gasteiger partial charge in [0.2, 0.25) is 0 Å². The van der Waals surface area contributed by atoms with Crippen LogP contribution >= 0.6 is 35.3 Å². The summed E-state index contributed by atoms with van der Waals surface area (Å²) < 4.78 is 0.625. The summed E-state index contributed by atoms with van der Waals surface area (Å²) in [6.07, 6.45) is 1.90. The molecule has 0 N–H and O–H groups in total. The second kappa shape index (κ2) is 5.91. The summed E-state index contributed by atoms with van der Waals surface area (Å²) in [7, 11) is 0. The van der Waals surface area contributed by atoms with Gasteiger partial charge in [-0.2, -0.15) is 11.3 Å². The molecule has 2 nitrogen and oxygen atoms in total. The maximum absolute atomic E-state index is 12.4. The third-order valence-electron chi connectivity index (χ3n) is 2.90. The van der Waals surface area contributed by atoms with E-state index in [-0.39, 0.29) is 5.91 Å². The summed E-state index contributed by atoms with van der Waals surface area (Å²) >= 11 is 8.31. The summed E-state index contributed by atoms with van der Waals surface area (Å²) in [5, 5.41) is 4.01. The van der Waals surface area contributed by atoms with Crippen LogP contribution in [-0.2, 0) is 11.3 Å². The van der Waals surface area contributed by atoms with Gasteiger partial charge in [0.15, 0.2) is 0 Å². The molecule has 20 heavy (non-hydrogen) atoms. The van der Waals surface area contributed by atoms with Crippen molar-refractivity contribution in [1.82, 2.24) is 4.90 Å². The molecule has 1 saturated heterocycles. The Morgan fingerprint density at radius 1 is 1.20 bits per heavy atom. The lowest BCUT2D eigenvalue weighted by Gasteiger charge is -2.14. The van der Waals surface area contributed by atoms with E-state index in [0.717, 1.165) is 11.1 Å². The number of thiophene rings is 1. The SMILES string of the molecule is O=C1/C(=C\c2ccsc2)SC(=S)N1Cc1ccccc1. The van der Waals surface area contributed by atoms with Gasteiger partial charge in [-0.3, -0.25) is 9.69 Å². The van der Waals surface area contributed by atoms with Crippen LogP contribution in [0.25, 0.3) is 6.08 Å². The molecule has 1 amide bonds.